The number of pyridine rings is 1. The highest BCUT2D eigenvalue weighted by molar-refractivity contribution is 5.87. The maximum absolute atomic E-state index is 11.1. The Hall–Kier alpha value is -3.17. The molecule has 1 saturated heterocycles. The van der Waals surface area contributed by atoms with E-state index in [1.54, 1.807) is 24.5 Å². The summed E-state index contributed by atoms with van der Waals surface area (Å²) in [5.74, 6) is 1.60. The topological polar surface area (TPSA) is 118 Å². The summed E-state index contributed by atoms with van der Waals surface area (Å²) >= 11 is 0. The number of para-hydroxylation sites is 1. The second-order valence-electron chi connectivity index (χ2n) is 6.82. The second kappa shape index (κ2) is 8.89. The zero-order chi connectivity index (χ0) is 20.1. The van der Waals surface area contributed by atoms with E-state index in [0.717, 1.165) is 50.2 Å². The van der Waals surface area contributed by atoms with Gasteiger partial charge in [0.05, 0.1) is 17.7 Å². The first-order valence-corrected chi connectivity index (χ1v) is 9.67. The first kappa shape index (κ1) is 19.2. The van der Waals surface area contributed by atoms with Crippen LogP contribution in [0.15, 0.2) is 36.7 Å². The first-order chi connectivity index (χ1) is 14.2. The number of hydrogen-bond donors (Lipinski definition) is 3. The number of nitrogens with zero attached hydrogens (tertiary/aromatic N) is 3. The van der Waals surface area contributed by atoms with E-state index in [-0.39, 0.29) is 0 Å². The van der Waals surface area contributed by atoms with Crippen LogP contribution in [0.5, 0.6) is 11.5 Å². The molecule has 4 rings (SSSR count). The minimum atomic E-state index is -0.878. The van der Waals surface area contributed by atoms with E-state index >= 15 is 0 Å². The highest BCUT2D eigenvalue weighted by atomic mass is 16.5. The molecule has 4 N–H and O–H groups in total. The number of benzene rings is 1. The summed E-state index contributed by atoms with van der Waals surface area (Å²) < 4.78 is 11.1. The van der Waals surface area contributed by atoms with Crippen LogP contribution in [0, 0.1) is 0 Å². The van der Waals surface area contributed by atoms with E-state index in [1.165, 1.54) is 0 Å². The molecule has 0 spiro atoms. The summed E-state index contributed by atoms with van der Waals surface area (Å²) in [5.41, 5.74) is 7.14. The van der Waals surface area contributed by atoms with Gasteiger partial charge in [-0.25, -0.2) is 9.78 Å². The number of carbonyl (C=O) groups excluding carboxylic acids is 1. The van der Waals surface area contributed by atoms with Crippen molar-refractivity contribution < 1.29 is 14.3 Å². The summed E-state index contributed by atoms with van der Waals surface area (Å²) in [4.78, 5) is 25.6. The molecular weight excluding hydrogens is 372 g/mol. The number of carbonyl (C=O) groups is 1. The molecule has 3 heterocycles. The van der Waals surface area contributed by atoms with Gasteiger partial charge in [-0.2, -0.15) is 0 Å². The molecule has 0 atom stereocenters. The van der Waals surface area contributed by atoms with Gasteiger partial charge in [-0.05, 0) is 24.6 Å². The average molecular weight is 396 g/mol. The number of primary amides is 1. The van der Waals surface area contributed by atoms with Crippen LogP contribution in [0.3, 0.4) is 0 Å². The number of nitrogens with one attached hydrogen (secondary N) is 2. The molecule has 0 unspecified atom stereocenters. The lowest BCUT2D eigenvalue weighted by Crippen LogP contribution is -2.43. The van der Waals surface area contributed by atoms with Gasteiger partial charge in [-0.15, -0.1) is 0 Å². The number of fused-ring (bicyclic) bond motifs is 1. The summed E-state index contributed by atoms with van der Waals surface area (Å²) in [7, 11) is 0. The van der Waals surface area contributed by atoms with E-state index in [9.17, 15) is 4.79 Å². The number of piperazine rings is 1. The van der Waals surface area contributed by atoms with Crippen LogP contribution >= 0.6 is 0 Å². The Morgan fingerprint density at radius 1 is 1.21 bits per heavy atom. The van der Waals surface area contributed by atoms with Crippen molar-refractivity contribution in [3.8, 4) is 22.9 Å². The van der Waals surface area contributed by atoms with Crippen molar-refractivity contribution in [1.29, 1.82) is 0 Å². The molecule has 0 radical (unpaired) electrons. The van der Waals surface area contributed by atoms with E-state index in [0.29, 0.717) is 29.4 Å². The Balaban J connectivity index is 1.48. The highest BCUT2D eigenvalue weighted by Gasteiger charge is 2.15. The van der Waals surface area contributed by atoms with Crippen LogP contribution in [0.1, 0.15) is 6.42 Å². The fourth-order valence-corrected chi connectivity index (χ4v) is 3.41. The Labute approximate surface area is 168 Å². The van der Waals surface area contributed by atoms with Crippen LogP contribution in [-0.4, -0.2) is 65.3 Å². The van der Waals surface area contributed by atoms with Gasteiger partial charge in [0, 0.05) is 45.1 Å². The number of amides is 1. The zero-order valence-electron chi connectivity index (χ0n) is 16.1. The van der Waals surface area contributed by atoms with Gasteiger partial charge >= 0.3 is 6.09 Å². The number of hydrogen-bond acceptors (Lipinski definition) is 7. The van der Waals surface area contributed by atoms with Gasteiger partial charge in [-0.1, -0.05) is 6.07 Å². The van der Waals surface area contributed by atoms with Gasteiger partial charge in [0.2, 0.25) is 0 Å². The Morgan fingerprint density at radius 3 is 2.90 bits per heavy atom. The zero-order valence-corrected chi connectivity index (χ0v) is 16.1. The molecule has 2 aromatic heterocycles. The van der Waals surface area contributed by atoms with Crippen molar-refractivity contribution >= 4 is 17.1 Å². The van der Waals surface area contributed by atoms with E-state index < -0.39 is 6.09 Å². The molecule has 1 aliphatic heterocycles. The third kappa shape index (κ3) is 4.64. The molecule has 152 valence electrons. The third-order valence-corrected chi connectivity index (χ3v) is 4.81. The van der Waals surface area contributed by atoms with Crippen LogP contribution in [0.4, 0.5) is 4.79 Å². The van der Waals surface area contributed by atoms with E-state index in [4.69, 9.17) is 15.2 Å². The van der Waals surface area contributed by atoms with Crippen LogP contribution in [-0.2, 0) is 0 Å². The summed E-state index contributed by atoms with van der Waals surface area (Å²) in [5, 5.41) is 3.36. The smallest absolute Gasteiger partial charge is 0.410 e. The highest BCUT2D eigenvalue weighted by Crippen LogP contribution is 2.31. The number of aromatic amines is 1. The lowest BCUT2D eigenvalue weighted by Gasteiger charge is -2.27. The van der Waals surface area contributed by atoms with Crippen molar-refractivity contribution in [2.24, 2.45) is 5.73 Å². The molecule has 0 bridgehead atoms. The molecule has 9 nitrogen and oxygen atoms in total. The SMILES string of the molecule is NC(=O)Oc1cccc2[nH]c(-c3cnccc3OCCCN3CCNCC3)nc12. The number of aromatic nitrogens is 3. The largest absolute Gasteiger partial charge is 0.493 e. The van der Waals surface area contributed by atoms with Crippen molar-refractivity contribution in [1.82, 2.24) is 25.2 Å². The molecule has 1 amide bonds. The molecule has 29 heavy (non-hydrogen) atoms. The quantitative estimate of drug-likeness (QED) is 0.521. The summed E-state index contributed by atoms with van der Waals surface area (Å²) in [6, 6.07) is 7.09. The predicted octanol–water partition coefficient (Wildman–Crippen LogP) is 1.76. The number of ether oxygens (including phenoxy) is 2. The van der Waals surface area contributed by atoms with Gasteiger partial charge in [0.25, 0.3) is 0 Å². The predicted molar refractivity (Wildman–Crippen MR) is 109 cm³/mol. The van der Waals surface area contributed by atoms with Crippen LogP contribution in [0.2, 0.25) is 0 Å². The van der Waals surface area contributed by atoms with Gasteiger partial charge < -0.3 is 30.4 Å². The minimum Gasteiger partial charge on any atom is -0.493 e. The fourth-order valence-electron chi connectivity index (χ4n) is 3.41. The molecule has 0 aliphatic carbocycles. The van der Waals surface area contributed by atoms with Gasteiger partial charge in [-0.3, -0.25) is 4.98 Å². The second-order valence-corrected chi connectivity index (χ2v) is 6.82. The Kier molecular flexibility index (Phi) is 5.87. The van der Waals surface area contributed by atoms with Crippen LogP contribution < -0.4 is 20.5 Å². The van der Waals surface area contributed by atoms with Crippen molar-refractivity contribution in [3.63, 3.8) is 0 Å². The minimum absolute atomic E-state index is 0.305. The molecule has 9 heteroatoms. The molecule has 3 aromatic rings. The maximum atomic E-state index is 11.1. The van der Waals surface area contributed by atoms with E-state index in [2.05, 4.69) is 25.2 Å². The lowest BCUT2D eigenvalue weighted by molar-refractivity contribution is 0.211. The Morgan fingerprint density at radius 2 is 2.07 bits per heavy atom. The third-order valence-electron chi connectivity index (χ3n) is 4.81. The Bertz CT molecular complexity index is 983. The number of rotatable bonds is 7. The molecule has 1 fully saturated rings. The number of imidazole rings is 1. The van der Waals surface area contributed by atoms with Crippen molar-refractivity contribution in [2.75, 3.05) is 39.3 Å². The number of H-pyrrole nitrogens is 1. The van der Waals surface area contributed by atoms with E-state index in [1.807, 2.05) is 12.1 Å². The monoisotopic (exact) mass is 396 g/mol. The normalized spacial score (nSPS) is 14.8. The van der Waals surface area contributed by atoms with Crippen molar-refractivity contribution in [2.45, 2.75) is 6.42 Å². The fraction of sp³-hybridized carbons (Fsp3) is 0.350. The lowest BCUT2D eigenvalue weighted by atomic mass is 10.2. The van der Waals surface area contributed by atoms with Gasteiger partial charge in [0.15, 0.2) is 5.75 Å². The summed E-state index contributed by atoms with van der Waals surface area (Å²) in [6.45, 7) is 5.87. The molecule has 1 aromatic carbocycles. The van der Waals surface area contributed by atoms with Crippen LogP contribution in [0.25, 0.3) is 22.4 Å². The number of nitrogens with two attached hydrogens (primary N) is 1. The summed E-state index contributed by atoms with van der Waals surface area (Å²) in [6.07, 6.45) is 3.47. The van der Waals surface area contributed by atoms with Gasteiger partial charge in [0.1, 0.15) is 17.1 Å². The molecular formula is C20H24N6O3. The molecule has 0 saturated carbocycles. The first-order valence-electron chi connectivity index (χ1n) is 9.67. The maximum Gasteiger partial charge on any atom is 0.410 e. The standard InChI is InChI=1S/C20H24N6O3/c21-20(27)29-17-4-1-3-15-18(17)25-19(24-15)14-13-23-6-5-16(14)28-12-2-9-26-10-7-22-8-11-26/h1,3-6,13,22H,2,7-12H2,(H2,21,27)(H,24,25). The molecule has 1 aliphatic rings. The van der Waals surface area contributed by atoms with Crippen molar-refractivity contribution in [3.05, 3.63) is 36.7 Å². The average Bonchev–Trinajstić information content (AvgIpc) is 3.17.